The Bertz CT molecular complexity index is 621. The summed E-state index contributed by atoms with van der Waals surface area (Å²) in [4.78, 5) is 20.2. The normalized spacial score (nSPS) is 15.8. The van der Waals surface area contributed by atoms with Crippen molar-refractivity contribution in [2.45, 2.75) is 32.8 Å². The number of hydrogen-bond acceptors (Lipinski definition) is 5. The minimum atomic E-state index is -0.499. The zero-order valence-corrected chi connectivity index (χ0v) is 14.4. The first kappa shape index (κ1) is 17.4. The van der Waals surface area contributed by atoms with Gasteiger partial charge in [-0.1, -0.05) is 11.6 Å². The highest BCUT2D eigenvalue weighted by molar-refractivity contribution is 6.33. The molecule has 0 spiro atoms. The Morgan fingerprint density at radius 1 is 1.35 bits per heavy atom. The first-order valence-electron chi connectivity index (χ1n) is 7.58. The molecule has 0 saturated carbocycles. The summed E-state index contributed by atoms with van der Waals surface area (Å²) in [6.45, 7) is 8.13. The number of carbonyl (C=O) groups is 1. The molecule has 2 heterocycles. The molecule has 7 heteroatoms. The maximum absolute atomic E-state index is 12.2. The molecule has 1 saturated heterocycles. The summed E-state index contributed by atoms with van der Waals surface area (Å²) in [7, 11) is 0. The van der Waals surface area contributed by atoms with E-state index in [1.807, 2.05) is 31.7 Å². The zero-order chi connectivity index (χ0) is 17.0. The van der Waals surface area contributed by atoms with E-state index < -0.39 is 5.60 Å². The van der Waals surface area contributed by atoms with Gasteiger partial charge in [-0.2, -0.15) is 5.26 Å². The van der Waals surface area contributed by atoms with Crippen LogP contribution in [0.2, 0.25) is 5.02 Å². The minimum absolute atomic E-state index is 0.293. The number of pyridine rings is 1. The molecule has 1 aromatic heterocycles. The van der Waals surface area contributed by atoms with Crippen LogP contribution in [0, 0.1) is 11.3 Å². The van der Waals surface area contributed by atoms with Gasteiger partial charge in [0.1, 0.15) is 17.5 Å². The van der Waals surface area contributed by atoms with Crippen LogP contribution in [0.5, 0.6) is 0 Å². The summed E-state index contributed by atoms with van der Waals surface area (Å²) in [5.74, 6) is 0.650. The van der Waals surface area contributed by atoms with Crippen LogP contribution >= 0.6 is 11.6 Å². The summed E-state index contributed by atoms with van der Waals surface area (Å²) < 4.78 is 5.42. The van der Waals surface area contributed by atoms with E-state index in [0.29, 0.717) is 36.0 Å². The number of ether oxygens (including phenoxy) is 1. The van der Waals surface area contributed by atoms with Crippen LogP contribution < -0.4 is 4.90 Å². The van der Waals surface area contributed by atoms with Crippen molar-refractivity contribution in [2.75, 3.05) is 31.1 Å². The fraction of sp³-hybridized carbons (Fsp3) is 0.562. The lowest BCUT2D eigenvalue weighted by Crippen LogP contribution is -2.39. The van der Waals surface area contributed by atoms with E-state index in [1.54, 1.807) is 11.0 Å². The number of halogens is 1. The van der Waals surface area contributed by atoms with Gasteiger partial charge in [0.05, 0.1) is 10.6 Å². The van der Waals surface area contributed by atoms with E-state index in [4.69, 9.17) is 21.6 Å². The summed E-state index contributed by atoms with van der Waals surface area (Å²) in [5, 5.41) is 9.33. The van der Waals surface area contributed by atoms with Crippen molar-refractivity contribution in [1.82, 2.24) is 9.88 Å². The fourth-order valence-corrected chi connectivity index (χ4v) is 2.65. The Labute approximate surface area is 141 Å². The number of hydrogen-bond donors (Lipinski definition) is 0. The number of rotatable bonds is 1. The molecule has 1 aliphatic rings. The monoisotopic (exact) mass is 336 g/mol. The average Bonchev–Trinajstić information content (AvgIpc) is 2.71. The molecule has 0 bridgehead atoms. The Balaban J connectivity index is 2.04. The second-order valence-electron chi connectivity index (χ2n) is 6.45. The molecule has 6 nitrogen and oxygen atoms in total. The summed E-state index contributed by atoms with van der Waals surface area (Å²) in [5.41, 5.74) is -0.0647. The highest BCUT2D eigenvalue weighted by atomic mass is 35.5. The Hall–Kier alpha value is -2.00. The lowest BCUT2D eigenvalue weighted by atomic mass is 10.2. The molecule has 0 unspecified atom stereocenters. The van der Waals surface area contributed by atoms with Crippen LogP contribution in [0.25, 0.3) is 0 Å². The molecule has 124 valence electrons. The summed E-state index contributed by atoms with van der Waals surface area (Å²) in [6, 6.07) is 3.63. The summed E-state index contributed by atoms with van der Waals surface area (Å²) in [6.07, 6.45) is 2.02. The average molecular weight is 337 g/mol. The van der Waals surface area contributed by atoms with Gasteiger partial charge in [0, 0.05) is 32.4 Å². The molecule has 1 amide bonds. The second kappa shape index (κ2) is 7.05. The van der Waals surface area contributed by atoms with Crippen molar-refractivity contribution < 1.29 is 9.53 Å². The van der Waals surface area contributed by atoms with Crippen molar-refractivity contribution in [2.24, 2.45) is 0 Å². The molecule has 0 aromatic carbocycles. The molecule has 0 N–H and O–H groups in total. The van der Waals surface area contributed by atoms with E-state index >= 15 is 0 Å². The van der Waals surface area contributed by atoms with Crippen molar-refractivity contribution in [3.63, 3.8) is 0 Å². The van der Waals surface area contributed by atoms with Gasteiger partial charge < -0.3 is 14.5 Å². The quantitative estimate of drug-likeness (QED) is 0.788. The van der Waals surface area contributed by atoms with Gasteiger partial charge in [-0.3, -0.25) is 0 Å². The van der Waals surface area contributed by atoms with Crippen molar-refractivity contribution in [1.29, 1.82) is 5.26 Å². The molecule has 0 atom stereocenters. The Morgan fingerprint density at radius 2 is 2.09 bits per heavy atom. The van der Waals surface area contributed by atoms with Gasteiger partial charge in [0.25, 0.3) is 0 Å². The minimum Gasteiger partial charge on any atom is -0.444 e. The summed E-state index contributed by atoms with van der Waals surface area (Å²) >= 11 is 6.22. The van der Waals surface area contributed by atoms with Gasteiger partial charge >= 0.3 is 6.09 Å². The van der Waals surface area contributed by atoms with Crippen LogP contribution in [0.4, 0.5) is 10.6 Å². The zero-order valence-electron chi connectivity index (χ0n) is 13.7. The number of amides is 1. The van der Waals surface area contributed by atoms with Crippen molar-refractivity contribution in [3.8, 4) is 6.07 Å². The lowest BCUT2D eigenvalue weighted by Gasteiger charge is -2.26. The number of nitrogens with zero attached hydrogens (tertiary/aromatic N) is 4. The van der Waals surface area contributed by atoms with Crippen molar-refractivity contribution in [3.05, 3.63) is 22.8 Å². The topological polar surface area (TPSA) is 69.5 Å². The van der Waals surface area contributed by atoms with E-state index in [9.17, 15) is 4.79 Å². The van der Waals surface area contributed by atoms with E-state index in [2.05, 4.69) is 4.98 Å². The van der Waals surface area contributed by atoms with Crippen molar-refractivity contribution >= 4 is 23.5 Å². The van der Waals surface area contributed by atoms with Crippen LogP contribution in [-0.2, 0) is 4.74 Å². The molecular weight excluding hydrogens is 316 g/mol. The highest BCUT2D eigenvalue weighted by Gasteiger charge is 2.25. The molecule has 2 rings (SSSR count). The second-order valence-corrected chi connectivity index (χ2v) is 6.86. The molecule has 0 radical (unpaired) electrons. The Morgan fingerprint density at radius 3 is 2.70 bits per heavy atom. The number of anilines is 1. The smallest absolute Gasteiger partial charge is 0.410 e. The van der Waals surface area contributed by atoms with Crippen LogP contribution in [-0.4, -0.2) is 47.8 Å². The van der Waals surface area contributed by atoms with Gasteiger partial charge in [-0.05, 0) is 33.3 Å². The third kappa shape index (κ3) is 4.73. The number of carbonyl (C=O) groups excluding carboxylic acids is 1. The largest absolute Gasteiger partial charge is 0.444 e. The third-order valence-electron chi connectivity index (χ3n) is 3.40. The lowest BCUT2D eigenvalue weighted by molar-refractivity contribution is 0.0263. The van der Waals surface area contributed by atoms with E-state index in [-0.39, 0.29) is 6.09 Å². The molecular formula is C16H21ClN4O2. The molecule has 23 heavy (non-hydrogen) atoms. The van der Waals surface area contributed by atoms with Crippen LogP contribution in [0.15, 0.2) is 12.3 Å². The first-order valence-corrected chi connectivity index (χ1v) is 7.96. The van der Waals surface area contributed by atoms with Crippen LogP contribution in [0.3, 0.4) is 0 Å². The van der Waals surface area contributed by atoms with Gasteiger partial charge in [-0.15, -0.1) is 0 Å². The van der Waals surface area contributed by atoms with Gasteiger partial charge in [-0.25, -0.2) is 9.78 Å². The molecule has 1 fully saturated rings. The first-order chi connectivity index (χ1) is 10.8. The van der Waals surface area contributed by atoms with E-state index in [1.165, 1.54) is 6.20 Å². The Kier molecular flexibility index (Phi) is 5.32. The molecule has 1 aliphatic heterocycles. The van der Waals surface area contributed by atoms with E-state index in [0.717, 1.165) is 13.0 Å². The molecule has 1 aromatic rings. The van der Waals surface area contributed by atoms with Gasteiger partial charge in [0.2, 0.25) is 0 Å². The predicted octanol–water partition coefficient (Wildman–Crippen LogP) is 3.05. The fourth-order valence-electron chi connectivity index (χ4n) is 2.36. The third-order valence-corrected chi connectivity index (χ3v) is 3.68. The molecule has 0 aliphatic carbocycles. The number of nitriles is 1. The van der Waals surface area contributed by atoms with Crippen LogP contribution in [0.1, 0.15) is 32.8 Å². The SMILES string of the molecule is CC(C)(C)OC(=O)N1CCCN(c2ncc(C#N)cc2Cl)CC1. The predicted molar refractivity (Wildman–Crippen MR) is 88.6 cm³/mol. The maximum Gasteiger partial charge on any atom is 0.410 e. The standard InChI is InChI=1S/C16H21ClN4O2/c1-16(2,3)23-15(22)21-6-4-5-20(7-8-21)14-13(17)9-12(10-18)11-19-14/h9,11H,4-8H2,1-3H3. The number of aromatic nitrogens is 1. The maximum atomic E-state index is 12.2. The highest BCUT2D eigenvalue weighted by Crippen LogP contribution is 2.25. The van der Waals surface area contributed by atoms with Gasteiger partial charge in [0.15, 0.2) is 0 Å².